The van der Waals surface area contributed by atoms with Gasteiger partial charge in [-0.15, -0.1) is 0 Å². The van der Waals surface area contributed by atoms with E-state index in [1.807, 2.05) is 0 Å². The number of carbonyl (C=O) groups excluding carboxylic acids is 1. The molecule has 5 nitrogen and oxygen atoms in total. The molecule has 5 heteroatoms. The van der Waals surface area contributed by atoms with Crippen LogP contribution in [0.25, 0.3) is 0 Å². The van der Waals surface area contributed by atoms with Gasteiger partial charge in [-0.3, -0.25) is 4.79 Å². The number of carbonyl (C=O) groups is 2. The van der Waals surface area contributed by atoms with Crippen LogP contribution in [0.5, 0.6) is 0 Å². The topological polar surface area (TPSA) is 78.4 Å². The molecule has 0 fully saturated rings. The zero-order valence-electron chi connectivity index (χ0n) is 11.2. The van der Waals surface area contributed by atoms with Crippen LogP contribution in [0.4, 0.5) is 4.79 Å². The van der Waals surface area contributed by atoms with E-state index < -0.39 is 11.9 Å². The van der Waals surface area contributed by atoms with Crippen molar-refractivity contribution in [2.24, 2.45) is 11.3 Å². The van der Waals surface area contributed by atoms with Gasteiger partial charge in [0.15, 0.2) is 0 Å². The van der Waals surface area contributed by atoms with E-state index in [4.69, 9.17) is 5.11 Å². The lowest BCUT2D eigenvalue weighted by Crippen LogP contribution is -2.38. The van der Waals surface area contributed by atoms with Gasteiger partial charge >= 0.3 is 12.0 Å². The summed E-state index contributed by atoms with van der Waals surface area (Å²) in [6, 6.07) is -0.230. The fraction of sp³-hybridized carbons (Fsp3) is 0.833. The molecule has 17 heavy (non-hydrogen) atoms. The minimum absolute atomic E-state index is 0.200. The zero-order valence-corrected chi connectivity index (χ0v) is 11.2. The van der Waals surface area contributed by atoms with Gasteiger partial charge < -0.3 is 15.7 Å². The van der Waals surface area contributed by atoms with Crippen molar-refractivity contribution in [3.63, 3.8) is 0 Å². The van der Waals surface area contributed by atoms with Gasteiger partial charge in [0.2, 0.25) is 0 Å². The number of hydrogen-bond donors (Lipinski definition) is 3. The fourth-order valence-electron chi connectivity index (χ4n) is 1.14. The molecule has 0 aliphatic carbocycles. The van der Waals surface area contributed by atoms with Crippen molar-refractivity contribution in [2.45, 2.75) is 40.5 Å². The van der Waals surface area contributed by atoms with Gasteiger partial charge in [0.1, 0.15) is 0 Å². The van der Waals surface area contributed by atoms with Crippen molar-refractivity contribution in [1.29, 1.82) is 0 Å². The monoisotopic (exact) mass is 244 g/mol. The Morgan fingerprint density at radius 1 is 1.18 bits per heavy atom. The Morgan fingerprint density at radius 3 is 2.18 bits per heavy atom. The molecule has 1 atom stereocenters. The predicted octanol–water partition coefficient (Wildman–Crippen LogP) is 1.83. The maximum absolute atomic E-state index is 11.3. The molecule has 0 aromatic rings. The van der Waals surface area contributed by atoms with Gasteiger partial charge in [0.05, 0.1) is 5.92 Å². The number of carboxylic acids is 1. The van der Waals surface area contributed by atoms with Crippen LogP contribution in [-0.2, 0) is 4.79 Å². The lowest BCUT2D eigenvalue weighted by atomic mass is 9.92. The standard InChI is InChI=1S/C12H24N2O3/c1-9(10(15)16)5-7-13-11(17)14-8-6-12(2,3)4/h9H,5-8H2,1-4H3,(H,15,16)(H2,13,14,17). The summed E-state index contributed by atoms with van der Waals surface area (Å²) in [6.45, 7) is 8.98. The summed E-state index contributed by atoms with van der Waals surface area (Å²) in [6.07, 6.45) is 1.36. The van der Waals surface area contributed by atoms with Gasteiger partial charge in [-0.05, 0) is 18.3 Å². The first-order valence-corrected chi connectivity index (χ1v) is 5.97. The predicted molar refractivity (Wildman–Crippen MR) is 66.9 cm³/mol. The van der Waals surface area contributed by atoms with Gasteiger partial charge in [0, 0.05) is 13.1 Å². The second-order valence-electron chi connectivity index (χ2n) is 5.52. The van der Waals surface area contributed by atoms with E-state index in [0.717, 1.165) is 6.42 Å². The van der Waals surface area contributed by atoms with Crippen molar-refractivity contribution in [2.75, 3.05) is 13.1 Å². The quantitative estimate of drug-likeness (QED) is 0.667. The maximum Gasteiger partial charge on any atom is 0.314 e. The van der Waals surface area contributed by atoms with Gasteiger partial charge in [0.25, 0.3) is 0 Å². The normalized spacial score (nSPS) is 12.9. The highest BCUT2D eigenvalue weighted by Crippen LogP contribution is 2.16. The molecule has 0 heterocycles. The SMILES string of the molecule is CC(CCNC(=O)NCCC(C)(C)C)C(=O)O. The Labute approximate surface area is 103 Å². The minimum atomic E-state index is -0.833. The molecule has 1 unspecified atom stereocenters. The van der Waals surface area contributed by atoms with E-state index in [-0.39, 0.29) is 11.4 Å². The Morgan fingerprint density at radius 2 is 1.71 bits per heavy atom. The average molecular weight is 244 g/mol. The summed E-state index contributed by atoms with van der Waals surface area (Å²) in [5.41, 5.74) is 0.200. The summed E-state index contributed by atoms with van der Waals surface area (Å²) in [5, 5.41) is 14.0. The number of hydrogen-bond acceptors (Lipinski definition) is 2. The maximum atomic E-state index is 11.3. The first-order valence-electron chi connectivity index (χ1n) is 5.97. The van der Waals surface area contributed by atoms with Gasteiger partial charge in [-0.25, -0.2) is 4.79 Å². The van der Waals surface area contributed by atoms with Crippen molar-refractivity contribution in [1.82, 2.24) is 10.6 Å². The van der Waals surface area contributed by atoms with Crippen molar-refractivity contribution in [3.05, 3.63) is 0 Å². The van der Waals surface area contributed by atoms with Crippen LogP contribution in [-0.4, -0.2) is 30.2 Å². The Balaban J connectivity index is 3.57. The second-order valence-corrected chi connectivity index (χ2v) is 5.52. The molecule has 0 spiro atoms. The van der Waals surface area contributed by atoms with Gasteiger partial charge in [-0.1, -0.05) is 27.7 Å². The van der Waals surface area contributed by atoms with Crippen LogP contribution >= 0.6 is 0 Å². The van der Waals surface area contributed by atoms with Gasteiger partial charge in [-0.2, -0.15) is 0 Å². The van der Waals surface area contributed by atoms with Crippen molar-refractivity contribution in [3.8, 4) is 0 Å². The van der Waals surface area contributed by atoms with Crippen LogP contribution in [0.15, 0.2) is 0 Å². The lowest BCUT2D eigenvalue weighted by Gasteiger charge is -2.18. The van der Waals surface area contributed by atoms with Crippen LogP contribution < -0.4 is 10.6 Å². The first kappa shape index (κ1) is 15.7. The van der Waals surface area contributed by atoms with E-state index in [2.05, 4.69) is 31.4 Å². The van der Waals surface area contributed by atoms with Crippen LogP contribution in [0, 0.1) is 11.3 Å². The molecule has 0 aliphatic heterocycles. The molecule has 100 valence electrons. The lowest BCUT2D eigenvalue weighted by molar-refractivity contribution is -0.141. The summed E-state index contributed by atoms with van der Waals surface area (Å²) in [4.78, 5) is 21.8. The molecule has 0 saturated carbocycles. The Hall–Kier alpha value is -1.26. The van der Waals surface area contributed by atoms with Crippen LogP contribution in [0.2, 0.25) is 0 Å². The molecule has 0 aliphatic rings. The third-order valence-corrected chi connectivity index (χ3v) is 2.45. The molecular formula is C12H24N2O3. The summed E-state index contributed by atoms with van der Waals surface area (Å²) in [7, 11) is 0. The number of nitrogens with one attached hydrogen (secondary N) is 2. The highest BCUT2D eigenvalue weighted by atomic mass is 16.4. The summed E-state index contributed by atoms with van der Waals surface area (Å²) in [5.74, 6) is -1.26. The number of urea groups is 1. The molecule has 0 aromatic heterocycles. The zero-order chi connectivity index (χ0) is 13.5. The molecule has 2 amide bonds. The molecular weight excluding hydrogens is 220 g/mol. The smallest absolute Gasteiger partial charge is 0.314 e. The summed E-state index contributed by atoms with van der Waals surface area (Å²) >= 11 is 0. The number of rotatable bonds is 6. The average Bonchev–Trinajstić information content (AvgIpc) is 2.15. The first-order chi connectivity index (χ1) is 7.72. The Kier molecular flexibility index (Phi) is 6.61. The molecule has 0 rings (SSSR count). The van der Waals surface area contributed by atoms with E-state index in [1.54, 1.807) is 6.92 Å². The third kappa shape index (κ3) is 9.66. The molecule has 0 saturated heterocycles. The van der Waals surface area contributed by atoms with Crippen LogP contribution in [0.3, 0.4) is 0 Å². The molecule has 0 aromatic carbocycles. The largest absolute Gasteiger partial charge is 0.481 e. The van der Waals surface area contributed by atoms with E-state index in [0.29, 0.717) is 19.5 Å². The highest BCUT2D eigenvalue weighted by Gasteiger charge is 2.12. The fourth-order valence-corrected chi connectivity index (χ4v) is 1.14. The third-order valence-electron chi connectivity index (χ3n) is 2.45. The molecule has 3 N–H and O–H groups in total. The second kappa shape index (κ2) is 7.14. The molecule has 0 radical (unpaired) electrons. The highest BCUT2D eigenvalue weighted by molar-refractivity contribution is 5.74. The summed E-state index contributed by atoms with van der Waals surface area (Å²) < 4.78 is 0. The van der Waals surface area contributed by atoms with E-state index in [1.165, 1.54) is 0 Å². The van der Waals surface area contributed by atoms with Crippen LogP contribution in [0.1, 0.15) is 40.5 Å². The number of aliphatic carboxylic acids is 1. The minimum Gasteiger partial charge on any atom is -0.481 e. The molecule has 0 bridgehead atoms. The van der Waals surface area contributed by atoms with Crippen molar-refractivity contribution < 1.29 is 14.7 Å². The van der Waals surface area contributed by atoms with Crippen molar-refractivity contribution >= 4 is 12.0 Å². The number of carboxylic acid groups (broad SMARTS) is 1. The van der Waals surface area contributed by atoms with E-state index in [9.17, 15) is 9.59 Å². The number of amides is 2. The Bertz CT molecular complexity index is 259. The van der Waals surface area contributed by atoms with E-state index >= 15 is 0 Å².